The summed E-state index contributed by atoms with van der Waals surface area (Å²) in [6, 6.07) is 25.5. The van der Waals surface area contributed by atoms with Gasteiger partial charge in [0.15, 0.2) is 0 Å². The van der Waals surface area contributed by atoms with E-state index in [0.29, 0.717) is 0 Å². The maximum atomic E-state index is 9.44. The minimum Gasteiger partial charge on any atom is -0.563 e. The van der Waals surface area contributed by atoms with Crippen molar-refractivity contribution in [3.8, 4) is 5.75 Å². The molecule has 35 heavy (non-hydrogen) atoms. The van der Waals surface area contributed by atoms with Gasteiger partial charge in [0.2, 0.25) is 0 Å². The van der Waals surface area contributed by atoms with Gasteiger partial charge in [0, 0.05) is 28.9 Å². The van der Waals surface area contributed by atoms with Crippen LogP contribution in [-0.4, -0.2) is 11.7 Å². The van der Waals surface area contributed by atoms with E-state index in [4.69, 9.17) is 4.74 Å². The fourth-order valence-corrected chi connectivity index (χ4v) is 4.44. The summed E-state index contributed by atoms with van der Waals surface area (Å²) in [4.78, 5) is 0. The van der Waals surface area contributed by atoms with Crippen molar-refractivity contribution < 1.29 is 9.84 Å². The van der Waals surface area contributed by atoms with Gasteiger partial charge in [0.1, 0.15) is 5.75 Å². The smallest absolute Gasteiger partial charge is 0.122 e. The summed E-state index contributed by atoms with van der Waals surface area (Å²) in [7, 11) is 0. The fourth-order valence-electron chi connectivity index (χ4n) is 4.44. The summed E-state index contributed by atoms with van der Waals surface area (Å²) in [5.74, 6) is 1.17. The Morgan fingerprint density at radius 2 is 1.40 bits per heavy atom. The minimum absolute atomic E-state index is 0. The number of aliphatic hydroxyl groups is 1. The van der Waals surface area contributed by atoms with Crippen LogP contribution in [0.5, 0.6) is 5.75 Å². The molecule has 0 radical (unpaired) electrons. The zero-order valence-electron chi connectivity index (χ0n) is 21.2. The van der Waals surface area contributed by atoms with Gasteiger partial charge in [-0.1, -0.05) is 125 Å². The standard InChI is InChI=1S/C32H35O2.Rf/c1-6-14-26(7-2)24(4)30-21-29(23(3)27-15-10-8-11-16-27)22-31(32(30)34-20-19-33)25(5)28-17-12-9-13-18-28;/h6-19,21-25,33H,1-2,20H2,3-5H3;/q-1;/b26-14+;. The second-order valence-electron chi connectivity index (χ2n) is 8.61. The summed E-state index contributed by atoms with van der Waals surface area (Å²) in [5.41, 5.74) is 6.96. The summed E-state index contributed by atoms with van der Waals surface area (Å²) in [5, 5.41) is 9.44. The van der Waals surface area contributed by atoms with Crippen molar-refractivity contribution in [3.05, 3.63) is 144 Å². The molecule has 0 aliphatic heterocycles. The molecule has 3 aromatic carbocycles. The SMILES string of the molecule is C=C/C=C(\C=C)C(C)c1cc(C(C)c2ccccc2)cc(C(C)c2ccccc2)c1OC[CH-]O.[Rf]. The number of hydrogen-bond acceptors (Lipinski definition) is 2. The molecule has 0 bridgehead atoms. The zero-order valence-corrected chi connectivity index (χ0v) is 27.6. The van der Waals surface area contributed by atoms with Crippen LogP contribution >= 0.6 is 0 Å². The maximum Gasteiger partial charge on any atom is 0.122 e. The molecular weight excluding hydrogens is 683 g/mol. The molecule has 0 saturated carbocycles. The van der Waals surface area contributed by atoms with Crippen molar-refractivity contribution in [1.29, 1.82) is 0 Å². The summed E-state index contributed by atoms with van der Waals surface area (Å²) in [6.07, 6.45) is 5.66. The van der Waals surface area contributed by atoms with Crippen LogP contribution in [0.3, 0.4) is 0 Å². The molecule has 2 nitrogen and oxygen atoms in total. The third kappa shape index (κ3) is 6.16. The molecule has 0 aliphatic rings. The van der Waals surface area contributed by atoms with Gasteiger partial charge < -0.3 is 9.84 Å². The van der Waals surface area contributed by atoms with Crippen LogP contribution in [0.4, 0.5) is 0 Å². The first-order chi connectivity index (χ1) is 16.5. The van der Waals surface area contributed by atoms with Crippen LogP contribution in [0, 0.1) is 6.61 Å². The molecule has 0 aliphatic carbocycles. The van der Waals surface area contributed by atoms with Gasteiger partial charge >= 0.3 is 0 Å². The molecule has 1 N–H and O–H groups in total. The van der Waals surface area contributed by atoms with Crippen LogP contribution in [0.25, 0.3) is 0 Å². The van der Waals surface area contributed by atoms with Crippen LogP contribution < -0.4 is 4.74 Å². The van der Waals surface area contributed by atoms with Gasteiger partial charge in [-0.05, 0) is 28.9 Å². The summed E-state index contributed by atoms with van der Waals surface area (Å²) in [6.45, 7) is 15.7. The largest absolute Gasteiger partial charge is 0.563 e. The Balaban J connectivity index is 0.00000432. The first-order valence-corrected chi connectivity index (χ1v) is 11.8. The van der Waals surface area contributed by atoms with Crippen molar-refractivity contribution in [2.24, 2.45) is 0 Å². The number of hydrogen-bond donors (Lipinski definition) is 1. The number of aliphatic hydroxyl groups excluding tert-OH is 1. The Bertz CT molecular complexity index is 1120. The average Bonchev–Trinajstić information content (AvgIpc) is 2.89. The van der Waals surface area contributed by atoms with E-state index in [9.17, 15) is 5.11 Å². The van der Waals surface area contributed by atoms with Gasteiger partial charge in [0.25, 0.3) is 0 Å². The summed E-state index contributed by atoms with van der Waals surface area (Å²) >= 11 is 0. The number of allylic oxidation sites excluding steroid dienone is 4. The molecule has 3 atom stereocenters. The first kappa shape index (κ1) is 26.9. The van der Waals surface area contributed by atoms with Gasteiger partial charge in [-0.25, -0.2) is 0 Å². The van der Waals surface area contributed by atoms with Gasteiger partial charge in [-0.15, -0.1) is 0 Å². The van der Waals surface area contributed by atoms with E-state index in [-0.39, 0.29) is 24.4 Å². The second kappa shape index (κ2) is 12.8. The Morgan fingerprint density at radius 1 is 0.857 bits per heavy atom. The van der Waals surface area contributed by atoms with E-state index in [1.165, 1.54) is 16.7 Å². The van der Waals surface area contributed by atoms with E-state index < -0.39 is 0 Å². The molecule has 3 rings (SSSR count). The van der Waals surface area contributed by atoms with Crippen LogP contribution in [0.1, 0.15) is 66.3 Å². The fraction of sp³-hybridized carbons (Fsp3) is 0.219. The molecule has 0 heterocycles. The molecule has 178 valence electrons. The monoisotopic (exact) mass is 718 g/mol. The maximum absolute atomic E-state index is 9.44. The minimum atomic E-state index is 0. The molecule has 0 fully saturated rings. The number of rotatable bonds is 11. The number of benzene rings is 3. The first-order valence-electron chi connectivity index (χ1n) is 11.8. The zero-order chi connectivity index (χ0) is 24.5. The molecule has 0 saturated heterocycles. The Labute approximate surface area is 204 Å². The Kier molecular flexibility index (Phi) is 9.81. The predicted molar refractivity (Wildman–Crippen MR) is 143 cm³/mol. The Hall–Kier alpha value is -4.36. The van der Waals surface area contributed by atoms with E-state index >= 15 is 0 Å². The van der Waals surface area contributed by atoms with Crippen LogP contribution in [0.15, 0.2) is 110 Å². The van der Waals surface area contributed by atoms with Crippen molar-refractivity contribution >= 4 is 0 Å². The van der Waals surface area contributed by atoms with Gasteiger partial charge in [-0.2, -0.15) is 6.61 Å². The predicted octanol–water partition coefficient (Wildman–Crippen LogP) is 8.31. The molecule has 0 spiro atoms. The Morgan fingerprint density at radius 3 is 1.91 bits per heavy atom. The van der Waals surface area contributed by atoms with Crippen molar-refractivity contribution in [1.82, 2.24) is 0 Å². The quantitative estimate of drug-likeness (QED) is 0.160. The topological polar surface area (TPSA) is 29.5 Å². The van der Waals surface area contributed by atoms with Crippen molar-refractivity contribution in [2.45, 2.75) is 38.5 Å². The van der Waals surface area contributed by atoms with E-state index in [1.807, 2.05) is 24.3 Å². The van der Waals surface area contributed by atoms with Gasteiger partial charge in [-0.3, -0.25) is 0 Å². The normalized spacial score (nSPS) is 13.8. The molecule has 0 aromatic heterocycles. The molecule has 3 aromatic rings. The van der Waals surface area contributed by atoms with E-state index in [2.05, 4.69) is 94.6 Å². The van der Waals surface area contributed by atoms with Crippen LogP contribution in [-0.2, 0) is 0 Å². The average molecular weight is 719 g/mol. The third-order valence-corrected chi connectivity index (χ3v) is 6.55. The van der Waals surface area contributed by atoms with Crippen molar-refractivity contribution in [2.75, 3.05) is 6.61 Å². The van der Waals surface area contributed by atoms with Crippen molar-refractivity contribution in [3.63, 3.8) is 0 Å². The van der Waals surface area contributed by atoms with Gasteiger partial charge in [0.05, 0.1) is 0 Å². The molecule has 0 amide bonds. The van der Waals surface area contributed by atoms with E-state index in [0.717, 1.165) is 29.1 Å². The molecule has 3 unspecified atom stereocenters. The summed E-state index contributed by atoms with van der Waals surface area (Å²) < 4.78 is 6.20. The second-order valence-corrected chi connectivity index (χ2v) is 8.61. The molecular formula is C32H35O2Rf-. The molecule has 3 heteroatoms. The van der Waals surface area contributed by atoms with Crippen LogP contribution in [0.2, 0.25) is 0 Å². The number of ether oxygens (including phenoxy) is 1. The third-order valence-electron chi connectivity index (χ3n) is 6.55. The van der Waals surface area contributed by atoms with E-state index in [1.54, 1.807) is 6.08 Å².